The summed E-state index contributed by atoms with van der Waals surface area (Å²) in [6.45, 7) is 7.18. The first-order valence-electron chi connectivity index (χ1n) is 8.29. The normalized spacial score (nSPS) is 23.3. The maximum absolute atomic E-state index is 12.5. The minimum Gasteiger partial charge on any atom is -0.444 e. The highest BCUT2D eigenvalue weighted by atomic mass is 35.5. The molecule has 2 unspecified atom stereocenters. The molecule has 2 bridgehead atoms. The van der Waals surface area contributed by atoms with Crippen molar-refractivity contribution >= 4 is 29.7 Å². The Kier molecular flexibility index (Phi) is 4.47. The smallest absolute Gasteiger partial charge is 0.410 e. The van der Waals surface area contributed by atoms with Crippen LogP contribution in [-0.2, 0) is 4.74 Å². The Balaban J connectivity index is 1.74. The van der Waals surface area contributed by atoms with Crippen LogP contribution in [0.1, 0.15) is 44.0 Å². The summed E-state index contributed by atoms with van der Waals surface area (Å²) in [7, 11) is 0. The van der Waals surface area contributed by atoms with Crippen LogP contribution < -0.4 is 4.90 Å². The van der Waals surface area contributed by atoms with Crippen LogP contribution in [-0.4, -0.2) is 48.1 Å². The number of rotatable bonds is 2. The molecule has 0 aromatic heterocycles. The van der Waals surface area contributed by atoms with Gasteiger partial charge in [-0.1, -0.05) is 11.6 Å². The topological polar surface area (TPSA) is 49.9 Å². The van der Waals surface area contributed by atoms with Crippen molar-refractivity contribution in [1.82, 2.24) is 4.90 Å². The van der Waals surface area contributed by atoms with E-state index >= 15 is 0 Å². The molecule has 2 heterocycles. The molecule has 0 saturated carbocycles. The molecule has 5 nitrogen and oxygen atoms in total. The average molecular weight is 351 g/mol. The molecule has 1 amide bonds. The number of hydrogen-bond donors (Lipinski definition) is 0. The lowest BCUT2D eigenvalue weighted by Crippen LogP contribution is -2.56. The van der Waals surface area contributed by atoms with Gasteiger partial charge in [0.1, 0.15) is 5.60 Å². The van der Waals surface area contributed by atoms with E-state index in [4.69, 9.17) is 16.3 Å². The van der Waals surface area contributed by atoms with Crippen molar-refractivity contribution in [2.24, 2.45) is 0 Å². The first kappa shape index (κ1) is 17.1. The molecule has 24 heavy (non-hydrogen) atoms. The Morgan fingerprint density at radius 2 is 1.88 bits per heavy atom. The molecule has 0 N–H and O–H groups in total. The Labute approximate surface area is 147 Å². The zero-order valence-electron chi connectivity index (χ0n) is 14.3. The molecule has 1 aromatic carbocycles. The van der Waals surface area contributed by atoms with Gasteiger partial charge in [-0.05, 0) is 51.8 Å². The van der Waals surface area contributed by atoms with Crippen LogP contribution >= 0.6 is 11.6 Å². The van der Waals surface area contributed by atoms with Gasteiger partial charge in [0.15, 0.2) is 6.29 Å². The number of piperazine rings is 1. The van der Waals surface area contributed by atoms with Crippen molar-refractivity contribution in [2.75, 3.05) is 18.0 Å². The summed E-state index contributed by atoms with van der Waals surface area (Å²) in [5.74, 6) is 0. The summed E-state index contributed by atoms with van der Waals surface area (Å²) in [5, 5.41) is 0.462. The second-order valence-electron chi connectivity index (χ2n) is 7.50. The van der Waals surface area contributed by atoms with E-state index in [1.807, 2.05) is 37.8 Å². The van der Waals surface area contributed by atoms with Gasteiger partial charge in [0.05, 0.1) is 17.1 Å². The molecule has 2 fully saturated rings. The molecule has 2 aliphatic heterocycles. The molecule has 3 rings (SSSR count). The molecule has 2 atom stereocenters. The molecule has 1 aromatic rings. The number of nitrogens with zero attached hydrogens (tertiary/aromatic N) is 2. The van der Waals surface area contributed by atoms with E-state index < -0.39 is 5.60 Å². The van der Waals surface area contributed by atoms with Crippen molar-refractivity contribution in [3.63, 3.8) is 0 Å². The maximum Gasteiger partial charge on any atom is 0.410 e. The number of benzene rings is 1. The second kappa shape index (κ2) is 6.28. The number of hydrogen-bond acceptors (Lipinski definition) is 4. The van der Waals surface area contributed by atoms with Gasteiger partial charge in [-0.2, -0.15) is 0 Å². The molecule has 2 saturated heterocycles. The van der Waals surface area contributed by atoms with Gasteiger partial charge < -0.3 is 9.64 Å². The summed E-state index contributed by atoms with van der Waals surface area (Å²) in [4.78, 5) is 27.5. The summed E-state index contributed by atoms with van der Waals surface area (Å²) >= 11 is 6.15. The third kappa shape index (κ3) is 3.36. The van der Waals surface area contributed by atoms with Crippen LogP contribution in [0.5, 0.6) is 0 Å². The predicted octanol–water partition coefficient (Wildman–Crippen LogP) is 3.74. The third-order valence-corrected chi connectivity index (χ3v) is 4.89. The minimum atomic E-state index is -0.480. The maximum atomic E-state index is 12.5. The number of carbonyl (C=O) groups excluding carboxylic acids is 2. The Bertz CT molecular complexity index is 642. The lowest BCUT2D eigenvalue weighted by molar-refractivity contribution is 0.0123. The van der Waals surface area contributed by atoms with Gasteiger partial charge >= 0.3 is 6.09 Å². The van der Waals surface area contributed by atoms with Crippen molar-refractivity contribution in [1.29, 1.82) is 0 Å². The fraction of sp³-hybridized carbons (Fsp3) is 0.556. The highest BCUT2D eigenvalue weighted by Crippen LogP contribution is 2.34. The van der Waals surface area contributed by atoms with Crippen molar-refractivity contribution in [3.8, 4) is 0 Å². The molecule has 2 aliphatic rings. The number of ether oxygens (including phenoxy) is 1. The largest absolute Gasteiger partial charge is 0.444 e. The Morgan fingerprint density at radius 3 is 2.38 bits per heavy atom. The molecule has 0 spiro atoms. The van der Waals surface area contributed by atoms with Crippen LogP contribution in [0.4, 0.5) is 10.5 Å². The molecule has 0 aliphatic carbocycles. The quantitative estimate of drug-likeness (QED) is 0.762. The summed E-state index contributed by atoms with van der Waals surface area (Å²) in [6, 6.07) is 5.80. The van der Waals surface area contributed by atoms with Crippen molar-refractivity contribution in [2.45, 2.75) is 51.3 Å². The van der Waals surface area contributed by atoms with Crippen LogP contribution in [0.2, 0.25) is 5.02 Å². The van der Waals surface area contributed by atoms with Crippen molar-refractivity contribution in [3.05, 3.63) is 28.8 Å². The average Bonchev–Trinajstić information content (AvgIpc) is 2.76. The number of amides is 1. The van der Waals surface area contributed by atoms with E-state index in [-0.39, 0.29) is 18.2 Å². The van der Waals surface area contributed by atoms with Gasteiger partial charge in [0.2, 0.25) is 0 Å². The molecule has 6 heteroatoms. The SMILES string of the molecule is CC(C)(C)OC(=O)N1C2CCC1CN(c1ccc(C=O)c(Cl)c1)C2. The highest BCUT2D eigenvalue weighted by Gasteiger charge is 2.44. The fourth-order valence-electron chi connectivity index (χ4n) is 3.53. The zero-order chi connectivity index (χ0) is 17.5. The molecular formula is C18H23ClN2O3. The van der Waals surface area contributed by atoms with Gasteiger partial charge in [-0.25, -0.2) is 4.79 Å². The first-order chi connectivity index (χ1) is 11.3. The first-order valence-corrected chi connectivity index (χ1v) is 8.67. The van der Waals surface area contributed by atoms with Crippen LogP contribution in [0.25, 0.3) is 0 Å². The number of halogens is 1. The van der Waals surface area contributed by atoms with E-state index in [1.165, 1.54) is 0 Å². The Hall–Kier alpha value is -1.75. The van der Waals surface area contributed by atoms with Crippen LogP contribution in [0, 0.1) is 0 Å². The Morgan fingerprint density at radius 1 is 1.25 bits per heavy atom. The zero-order valence-corrected chi connectivity index (χ0v) is 15.0. The standard InChI is InChI=1S/C18H23ClN2O3/c1-18(2,3)24-17(23)21-14-6-7-15(21)10-20(9-14)13-5-4-12(11-22)16(19)8-13/h4-5,8,11,14-15H,6-7,9-10H2,1-3H3. The minimum absolute atomic E-state index is 0.156. The summed E-state index contributed by atoms with van der Waals surface area (Å²) in [6.07, 6.45) is 2.51. The fourth-order valence-corrected chi connectivity index (χ4v) is 3.75. The van der Waals surface area contributed by atoms with E-state index in [0.717, 1.165) is 37.9 Å². The second-order valence-corrected chi connectivity index (χ2v) is 7.91. The third-order valence-electron chi connectivity index (χ3n) is 4.56. The van der Waals surface area contributed by atoms with E-state index in [2.05, 4.69) is 4.90 Å². The number of carbonyl (C=O) groups is 2. The number of fused-ring (bicyclic) bond motifs is 2. The molecular weight excluding hydrogens is 328 g/mol. The van der Waals surface area contributed by atoms with Crippen LogP contribution in [0.3, 0.4) is 0 Å². The lowest BCUT2D eigenvalue weighted by Gasteiger charge is -2.42. The highest BCUT2D eigenvalue weighted by molar-refractivity contribution is 6.33. The van der Waals surface area contributed by atoms with Gasteiger partial charge in [0.25, 0.3) is 0 Å². The summed E-state index contributed by atoms with van der Waals surface area (Å²) < 4.78 is 5.56. The number of aldehydes is 1. The predicted molar refractivity (Wildman–Crippen MR) is 93.9 cm³/mol. The molecule has 130 valence electrons. The monoisotopic (exact) mass is 350 g/mol. The van der Waals surface area contributed by atoms with Gasteiger partial charge in [-0.3, -0.25) is 9.69 Å². The number of anilines is 1. The van der Waals surface area contributed by atoms with Gasteiger partial charge in [-0.15, -0.1) is 0 Å². The lowest BCUT2D eigenvalue weighted by atomic mass is 10.1. The van der Waals surface area contributed by atoms with Crippen LogP contribution in [0.15, 0.2) is 18.2 Å². The van der Waals surface area contributed by atoms with Gasteiger partial charge in [0, 0.05) is 24.3 Å². The summed E-state index contributed by atoms with van der Waals surface area (Å²) in [5.41, 5.74) is 1.01. The van der Waals surface area contributed by atoms with Crippen molar-refractivity contribution < 1.29 is 14.3 Å². The van der Waals surface area contributed by atoms with E-state index in [1.54, 1.807) is 6.07 Å². The molecule has 0 radical (unpaired) electrons. The van der Waals surface area contributed by atoms with E-state index in [9.17, 15) is 9.59 Å². The van der Waals surface area contributed by atoms with E-state index in [0.29, 0.717) is 10.6 Å².